The quantitative estimate of drug-likeness (QED) is 0.724. The summed E-state index contributed by atoms with van der Waals surface area (Å²) in [5.74, 6) is 0.574. The van der Waals surface area contributed by atoms with Gasteiger partial charge >= 0.3 is 0 Å². The monoisotopic (exact) mass is 230 g/mol. The first-order chi connectivity index (χ1) is 7.32. The molecule has 1 N–H and O–H groups in total. The Kier molecular flexibility index (Phi) is 7.25. The largest absolute Gasteiger partial charge is 0.390 e. The third kappa shape index (κ3) is 5.86. The third-order valence-corrected chi connectivity index (χ3v) is 2.97. The summed E-state index contributed by atoms with van der Waals surface area (Å²) in [6.07, 6.45) is 2.80. The van der Waals surface area contributed by atoms with Crippen molar-refractivity contribution in [2.24, 2.45) is 11.3 Å². The normalized spacial score (nSPS) is 18.2. The molecular weight excluding hydrogens is 200 g/mol. The molecular formula is C14H30O2. The van der Waals surface area contributed by atoms with E-state index in [4.69, 9.17) is 4.74 Å². The Balaban J connectivity index is 4.32. The number of hydrogen-bond donors (Lipinski definition) is 1. The SMILES string of the molecule is CCCC(C)CC(O)C(OCC)C(C)(C)C. The molecule has 16 heavy (non-hydrogen) atoms. The van der Waals surface area contributed by atoms with Crippen LogP contribution in [0.3, 0.4) is 0 Å². The zero-order chi connectivity index (χ0) is 12.8. The van der Waals surface area contributed by atoms with Gasteiger partial charge in [0.25, 0.3) is 0 Å². The molecule has 0 aliphatic carbocycles. The van der Waals surface area contributed by atoms with E-state index >= 15 is 0 Å². The van der Waals surface area contributed by atoms with Crippen LogP contribution in [0.1, 0.15) is 60.8 Å². The van der Waals surface area contributed by atoms with Crippen LogP contribution in [0.4, 0.5) is 0 Å². The maximum absolute atomic E-state index is 10.2. The Morgan fingerprint density at radius 1 is 1.19 bits per heavy atom. The molecule has 0 bridgehead atoms. The van der Waals surface area contributed by atoms with E-state index in [1.165, 1.54) is 12.8 Å². The molecule has 0 spiro atoms. The van der Waals surface area contributed by atoms with E-state index in [0.717, 1.165) is 6.42 Å². The fourth-order valence-electron chi connectivity index (χ4n) is 2.26. The predicted octanol–water partition coefficient (Wildman–Crippen LogP) is 3.62. The first kappa shape index (κ1) is 15.9. The van der Waals surface area contributed by atoms with Crippen molar-refractivity contribution in [3.05, 3.63) is 0 Å². The molecule has 0 aromatic rings. The van der Waals surface area contributed by atoms with Gasteiger partial charge in [-0.05, 0) is 24.7 Å². The molecule has 2 nitrogen and oxygen atoms in total. The van der Waals surface area contributed by atoms with Crippen LogP contribution in [0.2, 0.25) is 0 Å². The number of rotatable bonds is 7. The van der Waals surface area contributed by atoms with Crippen LogP contribution in [0.25, 0.3) is 0 Å². The summed E-state index contributed by atoms with van der Waals surface area (Å²) in [7, 11) is 0. The summed E-state index contributed by atoms with van der Waals surface area (Å²) in [4.78, 5) is 0. The molecule has 3 atom stereocenters. The third-order valence-electron chi connectivity index (χ3n) is 2.97. The van der Waals surface area contributed by atoms with E-state index in [1.807, 2.05) is 6.92 Å². The Morgan fingerprint density at radius 3 is 2.12 bits per heavy atom. The summed E-state index contributed by atoms with van der Waals surface area (Å²) in [5.41, 5.74) is 0.00135. The summed E-state index contributed by atoms with van der Waals surface area (Å²) in [6, 6.07) is 0. The van der Waals surface area contributed by atoms with Gasteiger partial charge in [0.05, 0.1) is 12.2 Å². The van der Waals surface area contributed by atoms with Gasteiger partial charge in [-0.2, -0.15) is 0 Å². The van der Waals surface area contributed by atoms with Crippen molar-refractivity contribution in [2.45, 2.75) is 73.0 Å². The van der Waals surface area contributed by atoms with Crippen LogP contribution in [0, 0.1) is 11.3 Å². The smallest absolute Gasteiger partial charge is 0.0881 e. The lowest BCUT2D eigenvalue weighted by atomic mass is 9.82. The van der Waals surface area contributed by atoms with E-state index in [-0.39, 0.29) is 17.6 Å². The van der Waals surface area contributed by atoms with E-state index in [0.29, 0.717) is 12.5 Å². The lowest BCUT2D eigenvalue weighted by molar-refractivity contribution is -0.0943. The number of aliphatic hydroxyl groups excluding tert-OH is 1. The maximum atomic E-state index is 10.2. The van der Waals surface area contributed by atoms with Gasteiger partial charge in [-0.3, -0.25) is 0 Å². The fraction of sp³-hybridized carbons (Fsp3) is 1.00. The van der Waals surface area contributed by atoms with Gasteiger partial charge in [0, 0.05) is 6.61 Å². The van der Waals surface area contributed by atoms with Gasteiger partial charge in [0.2, 0.25) is 0 Å². The molecule has 0 amide bonds. The van der Waals surface area contributed by atoms with Crippen LogP contribution in [-0.4, -0.2) is 23.9 Å². The Morgan fingerprint density at radius 2 is 1.75 bits per heavy atom. The summed E-state index contributed by atoms with van der Waals surface area (Å²) >= 11 is 0. The van der Waals surface area contributed by atoms with E-state index in [1.54, 1.807) is 0 Å². The number of hydrogen-bond acceptors (Lipinski definition) is 2. The first-order valence-electron chi connectivity index (χ1n) is 6.62. The molecule has 3 unspecified atom stereocenters. The molecule has 98 valence electrons. The Hall–Kier alpha value is -0.0800. The average Bonchev–Trinajstić information content (AvgIpc) is 2.12. The van der Waals surface area contributed by atoms with Gasteiger partial charge in [0.1, 0.15) is 0 Å². The fourth-order valence-corrected chi connectivity index (χ4v) is 2.26. The molecule has 0 aromatic heterocycles. The molecule has 0 fully saturated rings. The molecule has 2 heteroatoms. The van der Waals surface area contributed by atoms with Crippen molar-refractivity contribution in [2.75, 3.05) is 6.61 Å². The highest BCUT2D eigenvalue weighted by atomic mass is 16.5. The highest BCUT2D eigenvalue weighted by molar-refractivity contribution is 4.82. The van der Waals surface area contributed by atoms with Crippen molar-refractivity contribution in [1.82, 2.24) is 0 Å². The van der Waals surface area contributed by atoms with Crippen molar-refractivity contribution in [3.63, 3.8) is 0 Å². The summed E-state index contributed by atoms with van der Waals surface area (Å²) < 4.78 is 5.70. The second-order valence-electron chi connectivity index (χ2n) is 5.94. The number of ether oxygens (including phenoxy) is 1. The van der Waals surface area contributed by atoms with Crippen molar-refractivity contribution in [1.29, 1.82) is 0 Å². The summed E-state index contributed by atoms with van der Waals surface area (Å²) in [6.45, 7) is 13.4. The van der Waals surface area contributed by atoms with Gasteiger partial charge in [-0.1, -0.05) is 47.5 Å². The molecule has 0 radical (unpaired) electrons. The number of aliphatic hydroxyl groups is 1. The topological polar surface area (TPSA) is 29.5 Å². The average molecular weight is 230 g/mol. The Labute approximate surface area is 101 Å². The standard InChI is InChI=1S/C14H30O2/c1-7-9-11(3)10-12(15)13(16-8-2)14(4,5)6/h11-13,15H,7-10H2,1-6H3. The molecule has 0 saturated carbocycles. The molecule has 0 rings (SSSR count). The van der Waals surface area contributed by atoms with Crippen molar-refractivity contribution < 1.29 is 9.84 Å². The van der Waals surface area contributed by atoms with Crippen molar-refractivity contribution in [3.8, 4) is 0 Å². The van der Waals surface area contributed by atoms with E-state index in [2.05, 4.69) is 34.6 Å². The molecule has 0 aliphatic heterocycles. The van der Waals surface area contributed by atoms with E-state index in [9.17, 15) is 5.11 Å². The lowest BCUT2D eigenvalue weighted by Crippen LogP contribution is -2.41. The minimum Gasteiger partial charge on any atom is -0.390 e. The summed E-state index contributed by atoms with van der Waals surface area (Å²) in [5, 5.41) is 10.2. The predicted molar refractivity (Wildman–Crippen MR) is 69.6 cm³/mol. The van der Waals surface area contributed by atoms with Gasteiger partial charge < -0.3 is 9.84 Å². The molecule has 0 aliphatic rings. The van der Waals surface area contributed by atoms with E-state index < -0.39 is 0 Å². The van der Waals surface area contributed by atoms with Crippen molar-refractivity contribution >= 4 is 0 Å². The molecule has 0 aromatic carbocycles. The minimum atomic E-state index is -0.346. The van der Waals surface area contributed by atoms with Crippen LogP contribution in [-0.2, 0) is 4.74 Å². The van der Waals surface area contributed by atoms with Crippen LogP contribution >= 0.6 is 0 Å². The van der Waals surface area contributed by atoms with Gasteiger partial charge in [-0.25, -0.2) is 0 Å². The zero-order valence-electron chi connectivity index (χ0n) is 11.9. The Bertz CT molecular complexity index is 172. The lowest BCUT2D eigenvalue weighted by Gasteiger charge is -2.35. The van der Waals surface area contributed by atoms with Crippen LogP contribution in [0.15, 0.2) is 0 Å². The molecule has 0 saturated heterocycles. The molecule has 0 heterocycles. The second kappa shape index (κ2) is 7.29. The minimum absolute atomic E-state index is 0.00135. The first-order valence-corrected chi connectivity index (χ1v) is 6.62. The van der Waals surface area contributed by atoms with Crippen LogP contribution < -0.4 is 0 Å². The highest BCUT2D eigenvalue weighted by Gasteiger charge is 2.32. The van der Waals surface area contributed by atoms with Gasteiger partial charge in [-0.15, -0.1) is 0 Å². The van der Waals surface area contributed by atoms with Gasteiger partial charge in [0.15, 0.2) is 0 Å². The zero-order valence-corrected chi connectivity index (χ0v) is 11.9. The van der Waals surface area contributed by atoms with Crippen LogP contribution in [0.5, 0.6) is 0 Å². The maximum Gasteiger partial charge on any atom is 0.0881 e. The second-order valence-corrected chi connectivity index (χ2v) is 5.94. The highest BCUT2D eigenvalue weighted by Crippen LogP contribution is 2.28.